The van der Waals surface area contributed by atoms with E-state index in [1.54, 1.807) is 23.7 Å². The topological polar surface area (TPSA) is 93.8 Å². The fraction of sp³-hybridized carbons (Fsp3) is 0.238. The summed E-state index contributed by atoms with van der Waals surface area (Å²) in [5.74, 6) is 2.83. The zero-order valence-electron chi connectivity index (χ0n) is 17.1. The minimum absolute atomic E-state index is 0.472. The van der Waals surface area contributed by atoms with Gasteiger partial charge in [-0.25, -0.2) is 15.0 Å². The molecule has 5 heterocycles. The molecule has 0 bridgehead atoms. The molecule has 0 aromatic carbocycles. The molecule has 150 valence electrons. The lowest BCUT2D eigenvalue weighted by Crippen LogP contribution is -2.09. The van der Waals surface area contributed by atoms with Crippen LogP contribution in [0.3, 0.4) is 0 Å². The highest BCUT2D eigenvalue weighted by molar-refractivity contribution is 7.18. The molecule has 0 unspecified atom stereocenters. The van der Waals surface area contributed by atoms with Gasteiger partial charge in [-0.15, -0.1) is 21.5 Å². The van der Waals surface area contributed by atoms with E-state index in [1.165, 1.54) is 10.4 Å². The summed E-state index contributed by atoms with van der Waals surface area (Å²) >= 11 is 1.68. The Morgan fingerprint density at radius 1 is 1.07 bits per heavy atom. The van der Waals surface area contributed by atoms with Crippen LogP contribution in [-0.2, 0) is 6.54 Å². The van der Waals surface area contributed by atoms with E-state index in [0.29, 0.717) is 18.1 Å². The van der Waals surface area contributed by atoms with Gasteiger partial charge in [0, 0.05) is 34.2 Å². The van der Waals surface area contributed by atoms with Crippen LogP contribution in [0, 0.1) is 27.7 Å². The van der Waals surface area contributed by atoms with Crippen molar-refractivity contribution in [2.24, 2.45) is 0 Å². The van der Waals surface area contributed by atoms with Crippen molar-refractivity contribution in [3.05, 3.63) is 58.2 Å². The summed E-state index contributed by atoms with van der Waals surface area (Å²) in [6.45, 7) is 8.68. The van der Waals surface area contributed by atoms with Crippen LogP contribution < -0.4 is 5.32 Å². The van der Waals surface area contributed by atoms with Gasteiger partial charge in [-0.3, -0.25) is 9.38 Å². The third-order valence-corrected chi connectivity index (χ3v) is 6.22. The van der Waals surface area contributed by atoms with Gasteiger partial charge in [-0.1, -0.05) is 0 Å². The largest absolute Gasteiger partial charge is 0.362 e. The first-order valence-electron chi connectivity index (χ1n) is 9.61. The summed E-state index contributed by atoms with van der Waals surface area (Å²) in [7, 11) is 0. The molecular weight excluding hydrogens is 396 g/mol. The molecule has 0 aliphatic heterocycles. The standard InChI is InChI=1S/C21H20N8S/c1-11-8-12(2)29-16(27-28-21(29)24-11)10-23-19-17-13(3)14(4)30-20(17)26-18(25-19)15-6-5-7-22-9-15/h5-9H,10H2,1-4H3,(H,23,25,26). The van der Waals surface area contributed by atoms with Crippen LogP contribution in [0.2, 0.25) is 0 Å². The Morgan fingerprint density at radius 2 is 1.93 bits per heavy atom. The first-order valence-corrected chi connectivity index (χ1v) is 10.4. The van der Waals surface area contributed by atoms with E-state index < -0.39 is 0 Å². The van der Waals surface area contributed by atoms with Gasteiger partial charge in [0.1, 0.15) is 10.6 Å². The fourth-order valence-corrected chi connectivity index (χ4v) is 4.61. The molecular formula is C21H20N8S. The molecule has 5 rings (SSSR count). The molecule has 0 spiro atoms. The van der Waals surface area contributed by atoms with Gasteiger partial charge in [0.05, 0.1) is 11.9 Å². The van der Waals surface area contributed by atoms with Gasteiger partial charge in [-0.2, -0.15) is 0 Å². The van der Waals surface area contributed by atoms with Crippen molar-refractivity contribution in [2.75, 3.05) is 5.32 Å². The second-order valence-corrected chi connectivity index (χ2v) is 8.45. The number of nitrogens with one attached hydrogen (secondary N) is 1. The van der Waals surface area contributed by atoms with E-state index in [1.807, 2.05) is 36.4 Å². The predicted molar refractivity (Wildman–Crippen MR) is 118 cm³/mol. The number of aromatic nitrogens is 7. The maximum absolute atomic E-state index is 4.83. The molecule has 5 aromatic rings. The first-order chi connectivity index (χ1) is 14.5. The third-order valence-electron chi connectivity index (χ3n) is 5.12. The van der Waals surface area contributed by atoms with Crippen LogP contribution in [-0.4, -0.2) is 34.5 Å². The summed E-state index contributed by atoms with van der Waals surface area (Å²) in [5.41, 5.74) is 4.05. The Bertz CT molecular complexity index is 1390. The van der Waals surface area contributed by atoms with E-state index in [2.05, 4.69) is 39.3 Å². The van der Waals surface area contributed by atoms with E-state index in [9.17, 15) is 0 Å². The van der Waals surface area contributed by atoms with E-state index in [0.717, 1.165) is 38.8 Å². The Kier molecular flexibility index (Phi) is 4.39. The summed E-state index contributed by atoms with van der Waals surface area (Å²) < 4.78 is 1.96. The van der Waals surface area contributed by atoms with Gasteiger partial charge in [0.15, 0.2) is 11.6 Å². The van der Waals surface area contributed by atoms with Crippen molar-refractivity contribution in [3.8, 4) is 11.4 Å². The number of aryl methyl sites for hydroxylation is 4. The normalized spacial score (nSPS) is 11.5. The lowest BCUT2D eigenvalue weighted by Gasteiger charge is -2.10. The van der Waals surface area contributed by atoms with Crippen LogP contribution in [0.25, 0.3) is 27.4 Å². The fourth-order valence-electron chi connectivity index (χ4n) is 3.58. The Hall–Kier alpha value is -3.46. The maximum Gasteiger partial charge on any atom is 0.255 e. The number of thiophene rings is 1. The number of anilines is 1. The minimum atomic E-state index is 0.472. The molecule has 0 fully saturated rings. The number of nitrogens with zero attached hydrogens (tertiary/aromatic N) is 7. The zero-order chi connectivity index (χ0) is 20.8. The monoisotopic (exact) mass is 416 g/mol. The van der Waals surface area contributed by atoms with Crippen LogP contribution in [0.1, 0.15) is 27.7 Å². The van der Waals surface area contributed by atoms with Crippen molar-refractivity contribution >= 4 is 33.1 Å². The van der Waals surface area contributed by atoms with E-state index >= 15 is 0 Å². The molecule has 0 atom stereocenters. The summed E-state index contributed by atoms with van der Waals surface area (Å²) in [4.78, 5) is 20.5. The maximum atomic E-state index is 4.83. The van der Waals surface area contributed by atoms with Gasteiger partial charge >= 0.3 is 0 Å². The molecule has 9 heteroatoms. The van der Waals surface area contributed by atoms with Crippen LogP contribution in [0.5, 0.6) is 0 Å². The molecule has 0 aliphatic carbocycles. The van der Waals surface area contributed by atoms with Crippen molar-refractivity contribution in [1.82, 2.24) is 34.5 Å². The Balaban J connectivity index is 1.58. The summed E-state index contributed by atoms with van der Waals surface area (Å²) in [6, 6.07) is 5.88. The van der Waals surface area contributed by atoms with Crippen LogP contribution in [0.4, 0.5) is 5.82 Å². The highest BCUT2D eigenvalue weighted by Crippen LogP contribution is 2.35. The van der Waals surface area contributed by atoms with Crippen molar-refractivity contribution < 1.29 is 0 Å². The smallest absolute Gasteiger partial charge is 0.255 e. The van der Waals surface area contributed by atoms with E-state index in [-0.39, 0.29) is 0 Å². The highest BCUT2D eigenvalue weighted by Gasteiger charge is 2.17. The molecule has 0 saturated heterocycles. The zero-order valence-corrected chi connectivity index (χ0v) is 17.9. The molecule has 8 nitrogen and oxygen atoms in total. The molecule has 0 radical (unpaired) electrons. The van der Waals surface area contributed by atoms with Crippen LogP contribution >= 0.6 is 11.3 Å². The molecule has 1 N–H and O–H groups in total. The number of pyridine rings is 1. The summed E-state index contributed by atoms with van der Waals surface area (Å²) in [6.07, 6.45) is 3.52. The molecule has 0 amide bonds. The van der Waals surface area contributed by atoms with Crippen molar-refractivity contribution in [3.63, 3.8) is 0 Å². The van der Waals surface area contributed by atoms with Crippen molar-refractivity contribution in [1.29, 1.82) is 0 Å². The van der Waals surface area contributed by atoms with Gasteiger partial charge in [-0.05, 0) is 51.5 Å². The van der Waals surface area contributed by atoms with Gasteiger partial charge in [0.25, 0.3) is 5.78 Å². The van der Waals surface area contributed by atoms with Crippen molar-refractivity contribution in [2.45, 2.75) is 34.2 Å². The Morgan fingerprint density at radius 3 is 2.73 bits per heavy atom. The lowest BCUT2D eigenvalue weighted by molar-refractivity contribution is 0.888. The second-order valence-electron chi connectivity index (χ2n) is 7.25. The van der Waals surface area contributed by atoms with Gasteiger partial charge in [0.2, 0.25) is 0 Å². The summed E-state index contributed by atoms with van der Waals surface area (Å²) in [5, 5.41) is 13.1. The molecule has 5 aromatic heterocycles. The Labute approximate surface area is 177 Å². The first kappa shape index (κ1) is 18.6. The SMILES string of the molecule is Cc1cc(C)n2c(CNc3nc(-c4cccnc4)nc4sc(C)c(C)c34)nnc2n1. The molecule has 0 aliphatic rings. The molecule has 30 heavy (non-hydrogen) atoms. The lowest BCUT2D eigenvalue weighted by atomic mass is 10.2. The van der Waals surface area contributed by atoms with Crippen LogP contribution in [0.15, 0.2) is 30.6 Å². The predicted octanol–water partition coefficient (Wildman–Crippen LogP) is 4.04. The average Bonchev–Trinajstić information content (AvgIpc) is 3.27. The molecule has 0 saturated carbocycles. The quantitative estimate of drug-likeness (QED) is 0.472. The van der Waals surface area contributed by atoms with E-state index in [4.69, 9.17) is 9.97 Å². The highest BCUT2D eigenvalue weighted by atomic mass is 32.1. The third kappa shape index (κ3) is 3.07. The number of hydrogen-bond donors (Lipinski definition) is 1. The average molecular weight is 417 g/mol. The minimum Gasteiger partial charge on any atom is -0.362 e. The number of fused-ring (bicyclic) bond motifs is 2. The number of hydrogen-bond acceptors (Lipinski definition) is 8. The van der Waals surface area contributed by atoms with Gasteiger partial charge < -0.3 is 5.32 Å². The second kappa shape index (κ2) is 7.10. The number of rotatable bonds is 4.